The van der Waals surface area contributed by atoms with Gasteiger partial charge in [-0.2, -0.15) is 61.7 Å². The van der Waals surface area contributed by atoms with E-state index in [0.717, 1.165) is 81.0 Å². The van der Waals surface area contributed by atoms with Crippen molar-refractivity contribution < 1.29 is 103 Å². The van der Waals surface area contributed by atoms with Gasteiger partial charge in [-0.1, -0.05) is 196 Å². The van der Waals surface area contributed by atoms with Crippen LogP contribution >= 0.6 is 0 Å². The van der Waals surface area contributed by atoms with Gasteiger partial charge in [0.25, 0.3) is 11.8 Å². The molecule has 24 heteroatoms. The van der Waals surface area contributed by atoms with Crippen LogP contribution in [0, 0.1) is 34.8 Å². The second-order valence-electron chi connectivity index (χ2n) is 31.1. The van der Waals surface area contributed by atoms with E-state index in [1.807, 2.05) is 264 Å². The van der Waals surface area contributed by atoms with Gasteiger partial charge in [0.15, 0.2) is 24.8 Å². The maximum Gasteiger partial charge on any atom is 0.497 e. The van der Waals surface area contributed by atoms with E-state index in [-0.39, 0.29) is 100 Å². The van der Waals surface area contributed by atoms with E-state index in [9.17, 15) is 24.2 Å². The molecule has 1 atom stereocenters. The molecule has 6 aromatic heterocycles. The molecule has 6 aliphatic rings. The van der Waals surface area contributed by atoms with Crippen LogP contribution in [-0.4, -0.2) is 80.8 Å². The summed E-state index contributed by atoms with van der Waals surface area (Å²) < 4.78 is 23.1. The Morgan fingerprint density at radius 2 is 0.944 bits per heavy atom. The minimum Gasteiger partial charge on any atom is -0.573 e. The first-order valence-electron chi connectivity index (χ1n) is 40.0. The first-order valence-corrected chi connectivity index (χ1v) is 40.0. The number of azo groups is 4. The van der Waals surface area contributed by atoms with Crippen molar-refractivity contribution in [1.82, 2.24) is 29.9 Å². The van der Waals surface area contributed by atoms with Gasteiger partial charge >= 0.3 is 5.79 Å². The monoisotopic (exact) mass is 2190 g/mol. The summed E-state index contributed by atoms with van der Waals surface area (Å²) in [5.41, 5.74) is 18.3. The summed E-state index contributed by atoms with van der Waals surface area (Å²) in [6, 6.07) is 105. The number of amides is 2. The van der Waals surface area contributed by atoms with Crippen LogP contribution in [-0.2, 0) is 75.7 Å². The number of aromatic nitrogens is 8. The second-order valence-corrected chi connectivity index (χ2v) is 31.1. The minimum atomic E-state index is -0.591. The zero-order chi connectivity index (χ0) is 85.2. The minimum absolute atomic E-state index is 0. The van der Waals surface area contributed by atoms with E-state index in [4.69, 9.17) is 5.10 Å². The molecule has 0 saturated carbocycles. The molecule has 14 aromatic rings. The number of carbonyl (C=O) groups is 2. The molecular formula is C101H91FIr3N16O4. The Labute approximate surface area is 768 Å². The Morgan fingerprint density at radius 3 is 1.41 bits per heavy atom. The van der Waals surface area contributed by atoms with Gasteiger partial charge in [-0.15, -0.1) is 55.8 Å². The molecule has 6 aliphatic heterocycles. The third-order valence-corrected chi connectivity index (χ3v) is 19.6. The number of para-hydroxylation sites is 4. The maximum absolute atomic E-state index is 12.6. The predicted octanol–water partition coefficient (Wildman–Crippen LogP) is 20.8. The van der Waals surface area contributed by atoms with Crippen molar-refractivity contribution in [3.63, 3.8) is 0 Å². The number of benzene rings is 8. The molecule has 1 spiro atoms. The van der Waals surface area contributed by atoms with E-state index in [0.29, 0.717) is 46.8 Å². The first kappa shape index (κ1) is 92.4. The average Bonchev–Trinajstić information content (AvgIpc) is 1.50. The largest absolute Gasteiger partial charge is 0.573 e. The number of allylic oxidation sites excluding steroid dienone is 2. The Bertz CT molecular complexity index is 5990. The van der Waals surface area contributed by atoms with Crippen LogP contribution in [0.2, 0.25) is 0 Å². The molecule has 20 rings (SSSR count). The maximum atomic E-state index is 12.6. The number of rotatable bonds is 10. The number of aliphatic hydroxyl groups is 2. The Hall–Kier alpha value is -13.3. The molecule has 3 radical (unpaired) electrons. The molecule has 1 unspecified atom stereocenters. The van der Waals surface area contributed by atoms with E-state index in [1.54, 1.807) is 32.3 Å². The van der Waals surface area contributed by atoms with Gasteiger partial charge in [-0.3, -0.25) is 19.0 Å². The summed E-state index contributed by atoms with van der Waals surface area (Å²) in [4.78, 5) is 33.3. The fraction of sp³-hybridized carbons (Fsp3) is 0.149. The molecule has 20 nitrogen and oxygen atoms in total. The molecule has 0 bridgehead atoms. The third kappa shape index (κ3) is 22.2. The summed E-state index contributed by atoms with van der Waals surface area (Å²) in [5.74, 6) is -1.18. The standard InChI is InChI=1S/C26H18N4.2C16H20N2O2.C14H10N3.C11H7FN.2C9H8N2.3Ir/c1-2-10-19(11-3-1)22-18-25-24-15-7-9-17-29(24)26(30(25)27-22)21-13-5-4-12-20(21)23-14-6-8-16-28(23)26;2*1-11-14(13(19)10-16(2,3)4)15(20)18(17-11)12-8-6-5-7-9-12;1-2-6-11(7-3-1)13-10-14(17-16-13)12-8-4-5-9-15-12;12-10-6-4-9(5-7-10)11-3-1-2-8-13-11;2*1-2-5-9(6-3-1)11-8-4-7-10-11;;;/h1-18H;2*5-9,19H,10H2,1-4H3;1-10H;1-4,6-8H;2*1-5,8H,7H2;;;/q+2;;;2*-1;;;;;. The van der Waals surface area contributed by atoms with Gasteiger partial charge in [0.1, 0.15) is 58.4 Å². The second kappa shape index (κ2) is 42.7. The van der Waals surface area contributed by atoms with Crippen molar-refractivity contribution in [3.05, 3.63) is 399 Å². The molecule has 125 heavy (non-hydrogen) atoms. The third-order valence-electron chi connectivity index (χ3n) is 19.6. The number of hydrazone groups is 2. The van der Waals surface area contributed by atoms with Crippen molar-refractivity contribution in [2.45, 2.75) is 74.0 Å². The molecule has 0 fully saturated rings. The van der Waals surface area contributed by atoms with Crippen LogP contribution in [0.4, 0.5) is 27.1 Å². The number of halogens is 1. The molecular weight excluding hydrogens is 2100 g/mol. The first-order chi connectivity index (χ1) is 59.2. The molecule has 2 amide bonds. The molecule has 0 saturated heterocycles. The molecule has 0 aliphatic carbocycles. The average molecular weight is 2190 g/mol. The van der Waals surface area contributed by atoms with Gasteiger partial charge in [-0.25, -0.2) is 0 Å². The Morgan fingerprint density at radius 1 is 0.488 bits per heavy atom. The fourth-order valence-corrected chi connectivity index (χ4v) is 14.2. The predicted molar refractivity (Wildman–Crippen MR) is 473 cm³/mol. The van der Waals surface area contributed by atoms with Crippen LogP contribution < -0.4 is 24.3 Å². The molecule has 2 N–H and O–H groups in total. The summed E-state index contributed by atoms with van der Waals surface area (Å²) in [6.45, 7) is 17.2. The summed E-state index contributed by atoms with van der Waals surface area (Å²) >= 11 is 0. The number of pyridine rings is 4. The number of hydrogen-bond acceptors (Lipinski definition) is 12. The topological polar surface area (TPSA) is 215 Å². The van der Waals surface area contributed by atoms with Crippen LogP contribution in [0.5, 0.6) is 0 Å². The van der Waals surface area contributed by atoms with Crippen LogP contribution in [0.25, 0.3) is 67.8 Å². The summed E-state index contributed by atoms with van der Waals surface area (Å²) in [5, 5.41) is 53.6. The van der Waals surface area contributed by atoms with Crippen molar-refractivity contribution in [2.75, 3.05) is 23.1 Å². The summed E-state index contributed by atoms with van der Waals surface area (Å²) in [7, 11) is 0. The van der Waals surface area contributed by atoms with Crippen LogP contribution in [0.15, 0.2) is 390 Å². The number of nitrogens with zero attached hydrogens (tertiary/aromatic N) is 16. The molecule has 633 valence electrons. The van der Waals surface area contributed by atoms with Gasteiger partial charge in [0.2, 0.25) is 11.4 Å². The van der Waals surface area contributed by atoms with Crippen LogP contribution in [0.1, 0.15) is 73.8 Å². The van der Waals surface area contributed by atoms with Crippen molar-refractivity contribution >= 4 is 46.0 Å². The van der Waals surface area contributed by atoms with Crippen molar-refractivity contribution in [2.24, 2.45) is 31.3 Å². The SMILES string of the molecule is CC1=NN(c2ccccc2)C(=O)C1=C(O)CC(C)(C)C.CC1=NN(c2ccccc2)C(=O)C1=C(O)CC(C)(C)C.Fc1c[c-]c(-c2ccccn2)cc1.[Ir].[Ir].[Ir].[c-]1ccccc1[N+]1=NCC=C1.[c-]1ccccc1[N+]1=NCC=C1.c1ccc(-c2cc(-c3ccccn3)[n-]n2)cc1.c1ccc(-c2cc3n(n2)C2(c4ccccc4-c4cccc[n+]42)[n+]2ccccc2-3)cc1. The van der Waals surface area contributed by atoms with Gasteiger partial charge in [-0.05, 0) is 125 Å². The number of anilines is 2. The normalized spacial score (nSPS) is 15.1. The van der Waals surface area contributed by atoms with E-state index >= 15 is 0 Å². The fourth-order valence-electron chi connectivity index (χ4n) is 14.2. The number of fused-ring (bicyclic) bond motifs is 10. The Kier molecular flexibility index (Phi) is 31.5. The zero-order valence-corrected chi connectivity index (χ0v) is 77.2. The van der Waals surface area contributed by atoms with Crippen molar-refractivity contribution in [1.29, 1.82) is 0 Å². The Balaban J connectivity index is 0.000000145. The smallest absolute Gasteiger partial charge is 0.497 e. The van der Waals surface area contributed by atoms with Gasteiger partial charge < -0.3 is 25.4 Å². The number of hydrogen-bond donors (Lipinski definition) is 2. The van der Waals surface area contributed by atoms with E-state index < -0.39 is 5.79 Å². The van der Waals surface area contributed by atoms with E-state index in [2.05, 4.69) is 176 Å². The van der Waals surface area contributed by atoms with Gasteiger partial charge in [0, 0.05) is 145 Å². The van der Waals surface area contributed by atoms with E-state index in [1.165, 1.54) is 39.0 Å². The summed E-state index contributed by atoms with van der Waals surface area (Å²) in [6.07, 6.45) is 16.6. The van der Waals surface area contributed by atoms with Gasteiger partial charge in [0.05, 0.1) is 34.1 Å². The quantitative estimate of drug-likeness (QED) is 0.0575. The van der Waals surface area contributed by atoms with Crippen LogP contribution in [0.3, 0.4) is 0 Å². The molecule has 8 aromatic carbocycles. The molecule has 12 heterocycles. The number of carbonyl (C=O) groups excluding carboxylic acids is 2. The zero-order valence-electron chi connectivity index (χ0n) is 70.0. The van der Waals surface area contributed by atoms with Crippen molar-refractivity contribution in [3.8, 4) is 67.8 Å². The number of aliphatic hydroxyl groups excluding tert-OH is 2.